The van der Waals surface area contributed by atoms with E-state index in [1.165, 1.54) is 108 Å². The Hall–Kier alpha value is -1.61. The molecule has 0 saturated heterocycles. The Bertz CT molecular complexity index is 943. The van der Waals surface area contributed by atoms with Crippen LogP contribution in [0, 0.1) is 53.3 Å². The standard InChI is InChI=1S/C9H18.C9H12.3C9H20.C7H12O2.C5H12.C3H8O/c2*1-8(2)9-6-4-3-5-7-9;2*1-8(2)6-5-7-9(3)4;1-5-6-9(4)7-8(2)3;1-4-5-7(8)9-6(2)3;1-4-5(2)3;1-3(2)4/h8-9H,3-7H2,1-2H3;3-8H,1-2H3;3*8-9H,5-7H2,1-4H3;4,6H,1,5H2,2-3H3;5H,4H2,1-3H3;3-4H,1-2H3. The summed E-state index contributed by atoms with van der Waals surface area (Å²) < 4.78 is 4.78. The van der Waals surface area contributed by atoms with Gasteiger partial charge in [0.2, 0.25) is 0 Å². The summed E-state index contributed by atoms with van der Waals surface area (Å²) >= 11 is 0. The van der Waals surface area contributed by atoms with Crippen molar-refractivity contribution in [3.63, 3.8) is 0 Å². The maximum absolute atomic E-state index is 10.6. The van der Waals surface area contributed by atoms with Gasteiger partial charge in [-0.25, -0.2) is 0 Å². The molecule has 1 atom stereocenters. The third-order valence-electron chi connectivity index (χ3n) is 10.3. The van der Waals surface area contributed by atoms with Crippen molar-refractivity contribution in [1.29, 1.82) is 0 Å². The number of carbonyl (C=O) groups is 1. The first kappa shape index (κ1) is 73.0. The van der Waals surface area contributed by atoms with Crippen molar-refractivity contribution in [2.75, 3.05) is 0 Å². The summed E-state index contributed by atoms with van der Waals surface area (Å²) in [6, 6.07) is 10.5. The highest BCUT2D eigenvalue weighted by molar-refractivity contribution is 5.71. The number of carbonyl (C=O) groups excluding carboxylic acids is 1. The van der Waals surface area contributed by atoms with Gasteiger partial charge in [0.1, 0.15) is 0 Å². The van der Waals surface area contributed by atoms with Crippen molar-refractivity contribution in [2.24, 2.45) is 53.3 Å². The SMILES string of the molecule is C=CCC(=O)OC(C)C.CC(C)C1CCCCC1.CC(C)CCCC(C)C.CC(C)CCCC(C)C.CC(C)O.CC(C)c1ccccc1.CCC(C)C.CCCC(C)CC(C)C. The fraction of sp³-hybridized carbons (Fsp3) is 0.850. The fourth-order valence-electron chi connectivity index (χ4n) is 6.35. The van der Waals surface area contributed by atoms with Gasteiger partial charge in [0.25, 0.3) is 0 Å². The minimum Gasteiger partial charge on any atom is -0.463 e. The van der Waals surface area contributed by atoms with E-state index in [0.29, 0.717) is 12.3 Å². The van der Waals surface area contributed by atoms with Crippen LogP contribution in [-0.2, 0) is 9.53 Å². The summed E-state index contributed by atoms with van der Waals surface area (Å²) in [7, 11) is 0. The van der Waals surface area contributed by atoms with Gasteiger partial charge in [0, 0.05) is 6.10 Å². The van der Waals surface area contributed by atoms with Crippen LogP contribution in [0.3, 0.4) is 0 Å². The summed E-state index contributed by atoms with van der Waals surface area (Å²) in [4.78, 5) is 10.6. The summed E-state index contributed by atoms with van der Waals surface area (Å²) in [5.41, 5.74) is 1.41. The molecule has 2 rings (SSSR count). The molecule has 0 spiro atoms. The lowest BCUT2D eigenvalue weighted by Crippen LogP contribution is -2.12. The third-order valence-corrected chi connectivity index (χ3v) is 10.3. The summed E-state index contributed by atoms with van der Waals surface area (Å²) in [6.45, 7) is 53.8. The van der Waals surface area contributed by atoms with Crippen LogP contribution in [0.4, 0.5) is 0 Å². The van der Waals surface area contributed by atoms with Crippen molar-refractivity contribution in [2.45, 2.75) is 280 Å². The van der Waals surface area contributed by atoms with Crippen LogP contribution in [0.15, 0.2) is 43.0 Å². The number of ether oxygens (including phenoxy) is 1. The van der Waals surface area contributed by atoms with E-state index in [1.807, 2.05) is 19.9 Å². The first-order chi connectivity index (χ1) is 29.2. The van der Waals surface area contributed by atoms with Gasteiger partial charge in [-0.3, -0.25) is 4.79 Å². The molecule has 63 heavy (non-hydrogen) atoms. The lowest BCUT2D eigenvalue weighted by Gasteiger charge is -2.24. The number of aliphatic hydroxyl groups is 1. The number of hydrogen-bond donors (Lipinski definition) is 1. The van der Waals surface area contributed by atoms with E-state index >= 15 is 0 Å². The monoisotopic (exact) mass is 891 g/mol. The molecule has 1 N–H and O–H groups in total. The van der Waals surface area contributed by atoms with Gasteiger partial charge >= 0.3 is 5.97 Å². The van der Waals surface area contributed by atoms with E-state index in [9.17, 15) is 4.79 Å². The summed E-state index contributed by atoms with van der Waals surface area (Å²) in [6.07, 6.45) is 23.0. The van der Waals surface area contributed by atoms with E-state index < -0.39 is 0 Å². The molecule has 3 heteroatoms. The van der Waals surface area contributed by atoms with Gasteiger partial charge in [-0.15, -0.1) is 6.58 Å². The molecule has 0 bridgehead atoms. The van der Waals surface area contributed by atoms with Gasteiger partial charge in [0.15, 0.2) is 0 Å². The third kappa shape index (κ3) is 81.1. The summed E-state index contributed by atoms with van der Waals surface area (Å²) in [5.74, 6) is 8.71. The quantitative estimate of drug-likeness (QED) is 0.118. The van der Waals surface area contributed by atoms with Crippen molar-refractivity contribution in [3.8, 4) is 0 Å². The zero-order valence-corrected chi connectivity index (χ0v) is 47.7. The molecule has 0 heterocycles. The van der Waals surface area contributed by atoms with Crippen molar-refractivity contribution in [1.82, 2.24) is 0 Å². The van der Waals surface area contributed by atoms with E-state index in [4.69, 9.17) is 9.84 Å². The summed E-state index contributed by atoms with van der Waals surface area (Å²) in [5, 5.41) is 8.06. The van der Waals surface area contributed by atoms with Crippen LogP contribution in [0.2, 0.25) is 0 Å². The molecular weight excluding hydrogens is 769 g/mol. The van der Waals surface area contributed by atoms with Crippen LogP contribution in [-0.4, -0.2) is 23.3 Å². The molecule has 380 valence electrons. The lowest BCUT2D eigenvalue weighted by molar-refractivity contribution is -0.146. The Morgan fingerprint density at radius 1 is 0.619 bits per heavy atom. The molecular formula is C60H122O3. The maximum atomic E-state index is 10.6. The second-order valence-corrected chi connectivity index (χ2v) is 22.1. The average molecular weight is 892 g/mol. The zero-order chi connectivity index (χ0) is 50.3. The molecule has 1 aromatic carbocycles. The van der Waals surface area contributed by atoms with Gasteiger partial charge < -0.3 is 9.84 Å². The highest BCUT2D eigenvalue weighted by Crippen LogP contribution is 2.29. The Balaban J connectivity index is -0.000000149. The largest absolute Gasteiger partial charge is 0.463 e. The molecule has 1 aromatic rings. The number of rotatable bonds is 18. The predicted octanol–water partition coefficient (Wildman–Crippen LogP) is 20.4. The van der Waals surface area contributed by atoms with Gasteiger partial charge in [-0.2, -0.15) is 0 Å². The van der Waals surface area contributed by atoms with Crippen LogP contribution in [0.1, 0.15) is 273 Å². The van der Waals surface area contributed by atoms with Crippen molar-refractivity contribution < 1.29 is 14.6 Å². The molecule has 1 fully saturated rings. The number of benzene rings is 1. The second kappa shape index (κ2) is 53.0. The molecule has 0 amide bonds. The van der Waals surface area contributed by atoms with Crippen molar-refractivity contribution in [3.05, 3.63) is 48.6 Å². The molecule has 1 saturated carbocycles. The smallest absolute Gasteiger partial charge is 0.309 e. The highest BCUT2D eigenvalue weighted by Gasteiger charge is 2.15. The van der Waals surface area contributed by atoms with Gasteiger partial charge in [-0.05, 0) is 98.9 Å². The lowest BCUT2D eigenvalue weighted by atomic mass is 9.82. The van der Waals surface area contributed by atoms with Crippen LogP contribution in [0.25, 0.3) is 0 Å². The fourth-order valence-corrected chi connectivity index (χ4v) is 6.35. The van der Waals surface area contributed by atoms with E-state index in [1.54, 1.807) is 13.8 Å². The Morgan fingerprint density at radius 3 is 1.22 bits per heavy atom. The Kier molecular flexibility index (Phi) is 61.4. The molecule has 0 aliphatic heterocycles. The first-order valence-corrected chi connectivity index (χ1v) is 26.7. The predicted molar refractivity (Wildman–Crippen MR) is 291 cm³/mol. The minimum atomic E-state index is -0.208. The van der Waals surface area contributed by atoms with Gasteiger partial charge in [-0.1, -0.05) is 258 Å². The Labute approximate surface area is 401 Å². The van der Waals surface area contributed by atoms with Crippen LogP contribution < -0.4 is 0 Å². The van der Waals surface area contributed by atoms with Crippen LogP contribution >= 0.6 is 0 Å². The minimum absolute atomic E-state index is 0.0163. The molecule has 1 aliphatic carbocycles. The maximum Gasteiger partial charge on any atom is 0.309 e. The molecule has 1 unspecified atom stereocenters. The average Bonchev–Trinajstić information content (AvgIpc) is 3.16. The molecule has 1 aliphatic rings. The van der Waals surface area contributed by atoms with Crippen molar-refractivity contribution >= 4 is 5.97 Å². The first-order valence-electron chi connectivity index (χ1n) is 26.7. The Morgan fingerprint density at radius 2 is 1.00 bits per heavy atom. The normalized spacial score (nSPS) is 12.7. The molecule has 0 aromatic heterocycles. The topological polar surface area (TPSA) is 46.5 Å². The second-order valence-electron chi connectivity index (χ2n) is 22.1. The molecule has 3 nitrogen and oxygen atoms in total. The highest BCUT2D eigenvalue weighted by atomic mass is 16.5. The zero-order valence-electron chi connectivity index (χ0n) is 47.7. The van der Waals surface area contributed by atoms with Crippen LogP contribution in [0.5, 0.6) is 0 Å². The number of aliphatic hydroxyl groups excluding tert-OH is 1. The van der Waals surface area contributed by atoms with Gasteiger partial charge in [0.05, 0.1) is 12.5 Å². The van der Waals surface area contributed by atoms with E-state index in [-0.39, 0.29) is 18.2 Å². The van der Waals surface area contributed by atoms with E-state index in [2.05, 4.69) is 162 Å². The van der Waals surface area contributed by atoms with E-state index in [0.717, 1.165) is 53.3 Å². The number of hydrogen-bond acceptors (Lipinski definition) is 3. The molecule has 0 radical (unpaired) electrons. The number of esters is 1.